The zero-order valence-corrected chi connectivity index (χ0v) is 11.3. The Labute approximate surface area is 100 Å². The molecular formula is C13H28N2O. The van der Waals surface area contributed by atoms with Crippen LogP contribution in [-0.2, 0) is 4.79 Å². The van der Waals surface area contributed by atoms with Gasteiger partial charge in [0.2, 0.25) is 5.91 Å². The molecule has 16 heavy (non-hydrogen) atoms. The van der Waals surface area contributed by atoms with E-state index in [9.17, 15) is 4.79 Å². The van der Waals surface area contributed by atoms with Gasteiger partial charge < -0.3 is 10.6 Å². The van der Waals surface area contributed by atoms with Gasteiger partial charge in [-0.3, -0.25) is 4.79 Å². The zero-order valence-electron chi connectivity index (χ0n) is 11.3. The molecule has 2 N–H and O–H groups in total. The molecule has 96 valence electrons. The average Bonchev–Trinajstić information content (AvgIpc) is 2.31. The number of carbonyl (C=O) groups excluding carboxylic acids is 1. The molecule has 0 heterocycles. The Bertz CT molecular complexity index is 179. The third-order valence-electron chi connectivity index (χ3n) is 3.17. The van der Waals surface area contributed by atoms with E-state index in [1.807, 2.05) is 7.05 Å². The molecule has 0 aliphatic carbocycles. The molecule has 0 saturated heterocycles. The minimum Gasteiger partial charge on any atom is -0.353 e. The average molecular weight is 228 g/mol. The predicted octanol–water partition coefficient (Wildman–Crippen LogP) is 2.32. The lowest BCUT2D eigenvalue weighted by atomic mass is 9.98. The van der Waals surface area contributed by atoms with E-state index in [4.69, 9.17) is 0 Å². The van der Waals surface area contributed by atoms with Crippen molar-refractivity contribution in [2.24, 2.45) is 5.92 Å². The van der Waals surface area contributed by atoms with Crippen molar-refractivity contribution in [2.75, 3.05) is 13.6 Å². The summed E-state index contributed by atoms with van der Waals surface area (Å²) in [6, 6.07) is 0.353. The van der Waals surface area contributed by atoms with Gasteiger partial charge in [-0.15, -0.1) is 0 Å². The summed E-state index contributed by atoms with van der Waals surface area (Å²) in [7, 11) is 1.95. The Hall–Kier alpha value is -0.570. The van der Waals surface area contributed by atoms with Gasteiger partial charge in [0, 0.05) is 12.0 Å². The molecule has 0 fully saturated rings. The van der Waals surface area contributed by atoms with Crippen LogP contribution in [0.15, 0.2) is 0 Å². The number of rotatable bonds is 9. The lowest BCUT2D eigenvalue weighted by molar-refractivity contribution is -0.126. The molecule has 0 bridgehead atoms. The quantitative estimate of drug-likeness (QED) is 0.595. The van der Waals surface area contributed by atoms with Gasteiger partial charge in [-0.05, 0) is 45.7 Å². The van der Waals surface area contributed by atoms with Gasteiger partial charge in [0.05, 0.1) is 0 Å². The summed E-state index contributed by atoms with van der Waals surface area (Å²) in [6.45, 7) is 7.33. The van der Waals surface area contributed by atoms with Crippen molar-refractivity contribution >= 4 is 5.91 Å². The number of hydrogen-bond acceptors (Lipinski definition) is 2. The van der Waals surface area contributed by atoms with E-state index in [0.29, 0.717) is 6.04 Å². The van der Waals surface area contributed by atoms with E-state index in [1.54, 1.807) is 0 Å². The second kappa shape index (κ2) is 9.64. The van der Waals surface area contributed by atoms with Gasteiger partial charge in [-0.25, -0.2) is 0 Å². The number of carbonyl (C=O) groups is 1. The summed E-state index contributed by atoms with van der Waals surface area (Å²) in [4.78, 5) is 12.0. The standard InChI is InChI=1S/C13H28N2O/c1-5-11(9-8-10-14-4)13(16)15-12(6-2)7-3/h11-12,14H,5-10H2,1-4H3,(H,15,16). The Morgan fingerprint density at radius 2 is 1.75 bits per heavy atom. The molecule has 3 nitrogen and oxygen atoms in total. The maximum atomic E-state index is 12.0. The van der Waals surface area contributed by atoms with Crippen LogP contribution in [0.3, 0.4) is 0 Å². The molecule has 0 rings (SSSR count). The second-order valence-electron chi connectivity index (χ2n) is 4.37. The van der Waals surface area contributed by atoms with Gasteiger partial charge >= 0.3 is 0 Å². The molecule has 1 amide bonds. The molecule has 0 saturated carbocycles. The van der Waals surface area contributed by atoms with E-state index < -0.39 is 0 Å². The van der Waals surface area contributed by atoms with Crippen LogP contribution in [-0.4, -0.2) is 25.5 Å². The topological polar surface area (TPSA) is 41.1 Å². The monoisotopic (exact) mass is 228 g/mol. The fourth-order valence-corrected chi connectivity index (χ4v) is 1.86. The molecule has 0 aromatic carbocycles. The maximum absolute atomic E-state index is 12.0. The smallest absolute Gasteiger partial charge is 0.223 e. The minimum atomic E-state index is 0.189. The summed E-state index contributed by atoms with van der Waals surface area (Å²) in [5.74, 6) is 0.432. The minimum absolute atomic E-state index is 0.189. The van der Waals surface area contributed by atoms with E-state index in [0.717, 1.165) is 38.6 Å². The molecule has 3 heteroatoms. The van der Waals surface area contributed by atoms with Crippen molar-refractivity contribution in [1.29, 1.82) is 0 Å². The van der Waals surface area contributed by atoms with Crippen LogP contribution < -0.4 is 10.6 Å². The first-order chi connectivity index (χ1) is 7.69. The van der Waals surface area contributed by atoms with Gasteiger partial charge in [0.15, 0.2) is 0 Å². The fourth-order valence-electron chi connectivity index (χ4n) is 1.86. The normalized spacial score (nSPS) is 12.8. The third-order valence-corrected chi connectivity index (χ3v) is 3.17. The van der Waals surface area contributed by atoms with Crippen molar-refractivity contribution in [2.45, 2.75) is 58.9 Å². The maximum Gasteiger partial charge on any atom is 0.223 e. The molecule has 0 radical (unpaired) electrons. The SMILES string of the molecule is CCC(CC)NC(=O)C(CC)CCCNC. The van der Waals surface area contributed by atoms with Crippen LogP contribution in [0.25, 0.3) is 0 Å². The first-order valence-electron chi connectivity index (χ1n) is 6.64. The number of hydrogen-bond donors (Lipinski definition) is 2. The van der Waals surface area contributed by atoms with E-state index >= 15 is 0 Å². The fraction of sp³-hybridized carbons (Fsp3) is 0.923. The largest absolute Gasteiger partial charge is 0.353 e. The molecule has 0 aliphatic rings. The van der Waals surface area contributed by atoms with Gasteiger partial charge in [-0.1, -0.05) is 20.8 Å². The van der Waals surface area contributed by atoms with Crippen molar-refractivity contribution < 1.29 is 4.79 Å². The van der Waals surface area contributed by atoms with Crippen LogP contribution >= 0.6 is 0 Å². The summed E-state index contributed by atoms with van der Waals surface area (Å²) in [5.41, 5.74) is 0. The summed E-state index contributed by atoms with van der Waals surface area (Å²) in [5, 5.41) is 6.25. The predicted molar refractivity (Wildman–Crippen MR) is 69.5 cm³/mol. The molecule has 0 spiro atoms. The Morgan fingerprint density at radius 3 is 2.19 bits per heavy atom. The highest BCUT2D eigenvalue weighted by Gasteiger charge is 2.17. The zero-order chi connectivity index (χ0) is 12.4. The van der Waals surface area contributed by atoms with Crippen molar-refractivity contribution in [3.8, 4) is 0 Å². The first kappa shape index (κ1) is 15.4. The van der Waals surface area contributed by atoms with Crippen LogP contribution in [0.5, 0.6) is 0 Å². The second-order valence-corrected chi connectivity index (χ2v) is 4.37. The van der Waals surface area contributed by atoms with Crippen LogP contribution in [0.1, 0.15) is 52.9 Å². The molecule has 1 atom stereocenters. The van der Waals surface area contributed by atoms with Gasteiger partial charge in [0.25, 0.3) is 0 Å². The molecular weight excluding hydrogens is 200 g/mol. The molecule has 0 aromatic rings. The number of amides is 1. The lowest BCUT2D eigenvalue weighted by Gasteiger charge is -2.20. The third kappa shape index (κ3) is 6.11. The van der Waals surface area contributed by atoms with Crippen molar-refractivity contribution in [1.82, 2.24) is 10.6 Å². The number of nitrogens with one attached hydrogen (secondary N) is 2. The van der Waals surface area contributed by atoms with Crippen LogP contribution in [0.4, 0.5) is 0 Å². The van der Waals surface area contributed by atoms with Crippen LogP contribution in [0, 0.1) is 5.92 Å². The van der Waals surface area contributed by atoms with Gasteiger partial charge in [0.1, 0.15) is 0 Å². The van der Waals surface area contributed by atoms with Crippen LogP contribution in [0.2, 0.25) is 0 Å². The Kier molecular flexibility index (Phi) is 9.30. The molecule has 0 aliphatic heterocycles. The summed E-state index contributed by atoms with van der Waals surface area (Å²) < 4.78 is 0. The molecule has 1 unspecified atom stereocenters. The highest BCUT2D eigenvalue weighted by molar-refractivity contribution is 5.78. The Morgan fingerprint density at radius 1 is 1.12 bits per heavy atom. The molecule has 0 aromatic heterocycles. The highest BCUT2D eigenvalue weighted by atomic mass is 16.1. The summed E-state index contributed by atoms with van der Waals surface area (Å²) in [6.07, 6.45) is 5.05. The van der Waals surface area contributed by atoms with E-state index in [1.165, 1.54) is 0 Å². The summed E-state index contributed by atoms with van der Waals surface area (Å²) >= 11 is 0. The Balaban J connectivity index is 3.99. The van der Waals surface area contributed by atoms with E-state index in [-0.39, 0.29) is 11.8 Å². The lowest BCUT2D eigenvalue weighted by Crippen LogP contribution is -2.38. The van der Waals surface area contributed by atoms with E-state index in [2.05, 4.69) is 31.4 Å². The first-order valence-corrected chi connectivity index (χ1v) is 6.64. The van der Waals surface area contributed by atoms with Gasteiger partial charge in [-0.2, -0.15) is 0 Å². The van der Waals surface area contributed by atoms with Crippen molar-refractivity contribution in [3.63, 3.8) is 0 Å². The highest BCUT2D eigenvalue weighted by Crippen LogP contribution is 2.11. The van der Waals surface area contributed by atoms with Crippen molar-refractivity contribution in [3.05, 3.63) is 0 Å².